The van der Waals surface area contributed by atoms with E-state index in [0.29, 0.717) is 6.54 Å². The van der Waals surface area contributed by atoms with Crippen LogP contribution in [0.2, 0.25) is 0 Å². The minimum Gasteiger partial charge on any atom is -0.478 e. The highest BCUT2D eigenvalue weighted by Crippen LogP contribution is 2.53. The lowest BCUT2D eigenvalue weighted by molar-refractivity contribution is -0.137. The first-order chi connectivity index (χ1) is 11.8. The fourth-order valence-electron chi connectivity index (χ4n) is 3.82. The minimum absolute atomic E-state index is 0.149. The second-order valence-corrected chi connectivity index (χ2v) is 6.83. The van der Waals surface area contributed by atoms with Gasteiger partial charge >= 0.3 is 12.1 Å². The molecular formula is C19H16F3NO2. The Bertz CT molecular complexity index is 856. The lowest BCUT2D eigenvalue weighted by Crippen LogP contribution is -2.39. The van der Waals surface area contributed by atoms with Crippen LogP contribution in [0.15, 0.2) is 42.5 Å². The van der Waals surface area contributed by atoms with Crippen molar-refractivity contribution < 1.29 is 23.1 Å². The van der Waals surface area contributed by atoms with E-state index in [4.69, 9.17) is 0 Å². The van der Waals surface area contributed by atoms with Gasteiger partial charge in [-0.1, -0.05) is 18.2 Å². The summed E-state index contributed by atoms with van der Waals surface area (Å²) in [6.45, 7) is 0.810. The third-order valence-corrected chi connectivity index (χ3v) is 5.18. The first kappa shape index (κ1) is 16.0. The molecule has 1 saturated carbocycles. The highest BCUT2D eigenvalue weighted by Gasteiger charge is 2.50. The van der Waals surface area contributed by atoms with E-state index in [1.54, 1.807) is 23.1 Å². The van der Waals surface area contributed by atoms with Crippen LogP contribution < -0.4 is 4.90 Å². The molecule has 0 aromatic heterocycles. The van der Waals surface area contributed by atoms with Gasteiger partial charge in [-0.25, -0.2) is 4.79 Å². The Morgan fingerprint density at radius 1 is 1.12 bits per heavy atom. The van der Waals surface area contributed by atoms with E-state index in [2.05, 4.69) is 0 Å². The van der Waals surface area contributed by atoms with Gasteiger partial charge in [-0.05, 0) is 48.2 Å². The summed E-state index contributed by atoms with van der Waals surface area (Å²) in [5, 5.41) is 9.20. The Hall–Kier alpha value is -2.50. The highest BCUT2D eigenvalue weighted by molar-refractivity contribution is 5.88. The number of carboxylic acids is 1. The molecule has 1 N–H and O–H groups in total. The molecule has 1 aliphatic carbocycles. The zero-order chi connectivity index (χ0) is 17.8. The molecule has 130 valence electrons. The maximum atomic E-state index is 13.4. The summed E-state index contributed by atoms with van der Waals surface area (Å²) in [7, 11) is 0. The Balaban J connectivity index is 1.78. The van der Waals surface area contributed by atoms with Crippen LogP contribution in [0, 0.1) is 0 Å². The zero-order valence-electron chi connectivity index (χ0n) is 13.3. The smallest absolute Gasteiger partial charge is 0.418 e. The maximum Gasteiger partial charge on any atom is 0.418 e. The van der Waals surface area contributed by atoms with E-state index < -0.39 is 17.7 Å². The molecule has 2 aliphatic rings. The van der Waals surface area contributed by atoms with Crippen molar-refractivity contribution in [3.8, 4) is 0 Å². The maximum absolute atomic E-state index is 13.4. The number of fused-ring (bicyclic) bond motifs is 2. The Morgan fingerprint density at radius 3 is 2.48 bits per heavy atom. The van der Waals surface area contributed by atoms with Crippen LogP contribution in [0.3, 0.4) is 0 Å². The van der Waals surface area contributed by atoms with Crippen molar-refractivity contribution in [2.45, 2.75) is 31.0 Å². The molecule has 1 heterocycles. The quantitative estimate of drug-likeness (QED) is 0.872. The lowest BCUT2D eigenvalue weighted by atomic mass is 9.85. The van der Waals surface area contributed by atoms with Crippen molar-refractivity contribution in [3.05, 3.63) is 64.7 Å². The van der Waals surface area contributed by atoms with E-state index in [0.717, 1.165) is 30.0 Å². The number of rotatable bonds is 2. The average molecular weight is 347 g/mol. The van der Waals surface area contributed by atoms with E-state index in [1.807, 2.05) is 6.07 Å². The summed E-state index contributed by atoms with van der Waals surface area (Å²) in [5.41, 5.74) is 1.42. The lowest BCUT2D eigenvalue weighted by Gasteiger charge is -2.38. The largest absolute Gasteiger partial charge is 0.478 e. The van der Waals surface area contributed by atoms with Crippen molar-refractivity contribution in [2.24, 2.45) is 0 Å². The number of aromatic carboxylic acids is 1. The van der Waals surface area contributed by atoms with Gasteiger partial charge < -0.3 is 10.0 Å². The molecule has 0 saturated heterocycles. The van der Waals surface area contributed by atoms with Crippen LogP contribution in [-0.2, 0) is 18.1 Å². The second-order valence-electron chi connectivity index (χ2n) is 6.83. The molecule has 0 amide bonds. The number of carbonyl (C=O) groups is 1. The van der Waals surface area contributed by atoms with Gasteiger partial charge in [0.15, 0.2) is 0 Å². The second kappa shape index (κ2) is 5.25. The number of carboxylic acid groups (broad SMARTS) is 1. The van der Waals surface area contributed by atoms with Crippen LogP contribution in [0.4, 0.5) is 18.9 Å². The SMILES string of the molecule is O=C(O)c1ccc2c(c1)CN(c1ccccc1C(F)(F)F)CC21CC1. The number of halogens is 3. The number of anilines is 1. The molecule has 6 heteroatoms. The van der Waals surface area contributed by atoms with Crippen LogP contribution in [0.5, 0.6) is 0 Å². The van der Waals surface area contributed by atoms with Gasteiger partial charge in [0.05, 0.1) is 11.1 Å². The standard InChI is InChI=1S/C19H16F3NO2/c20-19(21,22)15-3-1-2-4-16(15)23-10-13-9-12(17(24)25)5-6-14(13)18(11-23)7-8-18/h1-6,9H,7-8,10-11H2,(H,24,25). The summed E-state index contributed by atoms with van der Waals surface area (Å²) in [6.07, 6.45) is -2.59. The molecule has 1 spiro atoms. The van der Waals surface area contributed by atoms with Gasteiger partial charge in [0.25, 0.3) is 0 Å². The molecule has 0 radical (unpaired) electrons. The number of benzene rings is 2. The molecule has 4 rings (SSSR count). The molecule has 0 atom stereocenters. The molecule has 1 fully saturated rings. The monoisotopic (exact) mass is 347 g/mol. The van der Waals surface area contributed by atoms with Crippen molar-refractivity contribution in [2.75, 3.05) is 11.4 Å². The first-order valence-electron chi connectivity index (χ1n) is 8.08. The normalized spacial score (nSPS) is 18.1. The van der Waals surface area contributed by atoms with E-state index >= 15 is 0 Å². The third kappa shape index (κ3) is 2.65. The van der Waals surface area contributed by atoms with Gasteiger partial charge in [-0.3, -0.25) is 0 Å². The topological polar surface area (TPSA) is 40.5 Å². The number of hydrogen-bond acceptors (Lipinski definition) is 2. The Labute approximate surface area is 142 Å². The molecule has 0 unspecified atom stereocenters. The molecule has 0 bridgehead atoms. The predicted octanol–water partition coefficient (Wildman–Crippen LogP) is 4.46. The summed E-state index contributed by atoms with van der Waals surface area (Å²) < 4.78 is 40.1. The van der Waals surface area contributed by atoms with Crippen LogP contribution >= 0.6 is 0 Å². The zero-order valence-corrected chi connectivity index (χ0v) is 13.3. The predicted molar refractivity (Wildman–Crippen MR) is 86.8 cm³/mol. The molecular weight excluding hydrogens is 331 g/mol. The fourth-order valence-corrected chi connectivity index (χ4v) is 3.82. The van der Waals surface area contributed by atoms with Crippen LogP contribution in [0.1, 0.15) is 39.9 Å². The van der Waals surface area contributed by atoms with Crippen LogP contribution in [-0.4, -0.2) is 17.6 Å². The molecule has 1 aliphatic heterocycles. The number of para-hydroxylation sites is 1. The third-order valence-electron chi connectivity index (χ3n) is 5.18. The minimum atomic E-state index is -4.42. The molecule has 2 aromatic rings. The van der Waals surface area contributed by atoms with Gasteiger partial charge in [-0.15, -0.1) is 0 Å². The average Bonchev–Trinajstić information content (AvgIpc) is 3.33. The summed E-state index contributed by atoms with van der Waals surface area (Å²) in [6, 6.07) is 10.6. The first-order valence-corrected chi connectivity index (χ1v) is 8.08. The van der Waals surface area contributed by atoms with Crippen LogP contribution in [0.25, 0.3) is 0 Å². The van der Waals surface area contributed by atoms with Gasteiger partial charge in [0, 0.05) is 24.2 Å². The van der Waals surface area contributed by atoms with E-state index in [-0.39, 0.29) is 23.2 Å². The fraction of sp³-hybridized carbons (Fsp3) is 0.316. The van der Waals surface area contributed by atoms with E-state index in [1.165, 1.54) is 12.1 Å². The number of nitrogens with zero attached hydrogens (tertiary/aromatic N) is 1. The number of hydrogen-bond donors (Lipinski definition) is 1. The highest BCUT2D eigenvalue weighted by atomic mass is 19.4. The van der Waals surface area contributed by atoms with Crippen molar-refractivity contribution in [1.82, 2.24) is 0 Å². The van der Waals surface area contributed by atoms with E-state index in [9.17, 15) is 23.1 Å². The molecule has 25 heavy (non-hydrogen) atoms. The van der Waals surface area contributed by atoms with Crippen molar-refractivity contribution in [3.63, 3.8) is 0 Å². The van der Waals surface area contributed by atoms with Crippen molar-refractivity contribution >= 4 is 11.7 Å². The summed E-state index contributed by atoms with van der Waals surface area (Å²) in [4.78, 5) is 13.0. The summed E-state index contributed by atoms with van der Waals surface area (Å²) in [5.74, 6) is -1.03. The Kier molecular flexibility index (Phi) is 3.36. The molecule has 2 aromatic carbocycles. The number of alkyl halides is 3. The van der Waals surface area contributed by atoms with Crippen molar-refractivity contribution in [1.29, 1.82) is 0 Å². The Morgan fingerprint density at radius 2 is 1.84 bits per heavy atom. The van der Waals surface area contributed by atoms with Gasteiger partial charge in [0.1, 0.15) is 0 Å². The molecule has 3 nitrogen and oxygen atoms in total. The summed E-state index contributed by atoms with van der Waals surface area (Å²) >= 11 is 0. The van der Waals surface area contributed by atoms with Gasteiger partial charge in [-0.2, -0.15) is 13.2 Å². The van der Waals surface area contributed by atoms with Gasteiger partial charge in [0.2, 0.25) is 0 Å².